The fourth-order valence-corrected chi connectivity index (χ4v) is 2.86. The van der Waals surface area contributed by atoms with Crippen LogP contribution in [0.4, 0.5) is 0 Å². The number of rotatable bonds is 3. The lowest BCUT2D eigenvalue weighted by Gasteiger charge is -2.18. The molecule has 4 heteroatoms. The van der Waals surface area contributed by atoms with E-state index in [0.29, 0.717) is 17.6 Å². The Morgan fingerprint density at radius 2 is 1.86 bits per heavy atom. The molecule has 1 aromatic rings. The summed E-state index contributed by atoms with van der Waals surface area (Å²) < 4.78 is 0. The van der Waals surface area contributed by atoms with E-state index in [1.165, 1.54) is 6.92 Å². The van der Waals surface area contributed by atoms with E-state index < -0.39 is 5.92 Å². The largest absolute Gasteiger partial charge is 0.348 e. The Balaban J connectivity index is 1.94. The van der Waals surface area contributed by atoms with Gasteiger partial charge in [0.2, 0.25) is 5.91 Å². The van der Waals surface area contributed by atoms with Gasteiger partial charge in [-0.25, -0.2) is 0 Å². The third-order valence-corrected chi connectivity index (χ3v) is 3.99. The monoisotopic (exact) mass is 281 g/mol. The number of ketones is 2. The summed E-state index contributed by atoms with van der Waals surface area (Å²) in [6.07, 6.45) is 3.93. The Labute approximate surface area is 122 Å². The van der Waals surface area contributed by atoms with Crippen molar-refractivity contribution in [2.45, 2.75) is 19.4 Å². The average Bonchev–Trinajstić information content (AvgIpc) is 2.82. The molecule has 21 heavy (non-hydrogen) atoms. The molecule has 1 N–H and O–H groups in total. The predicted molar refractivity (Wildman–Crippen MR) is 77.7 cm³/mol. The van der Waals surface area contributed by atoms with Gasteiger partial charge in [0.05, 0.1) is 6.04 Å². The number of Topliss-reactive ketones (excluding diaryl/α,β-unsaturated/α-hetero) is 2. The fourth-order valence-electron chi connectivity index (χ4n) is 2.86. The highest BCUT2D eigenvalue weighted by molar-refractivity contribution is 6.14. The maximum Gasteiger partial charge on any atom is 0.235 e. The van der Waals surface area contributed by atoms with Crippen LogP contribution in [0, 0.1) is 5.92 Å². The minimum absolute atomic E-state index is 0.00242. The van der Waals surface area contributed by atoms with Crippen molar-refractivity contribution >= 4 is 17.5 Å². The molecule has 1 heterocycles. The summed E-state index contributed by atoms with van der Waals surface area (Å²) in [6, 6.07) is 8.57. The van der Waals surface area contributed by atoms with Gasteiger partial charge in [0.25, 0.3) is 0 Å². The Morgan fingerprint density at radius 1 is 1.14 bits per heavy atom. The first kappa shape index (κ1) is 13.5. The molecular formula is C17H15NO3. The van der Waals surface area contributed by atoms with Crippen molar-refractivity contribution < 1.29 is 14.4 Å². The number of fused-ring (bicyclic) bond motifs is 1. The van der Waals surface area contributed by atoms with Crippen LogP contribution in [0.2, 0.25) is 0 Å². The minimum Gasteiger partial charge on any atom is -0.348 e. The van der Waals surface area contributed by atoms with Gasteiger partial charge >= 0.3 is 0 Å². The minimum atomic E-state index is -0.776. The number of benzene rings is 1. The van der Waals surface area contributed by atoms with Crippen LogP contribution in [-0.2, 0) is 9.59 Å². The summed E-state index contributed by atoms with van der Waals surface area (Å²) in [7, 11) is 0. The van der Waals surface area contributed by atoms with Gasteiger partial charge in [0.1, 0.15) is 5.92 Å². The zero-order chi connectivity index (χ0) is 15.0. The molecule has 1 aromatic carbocycles. The predicted octanol–water partition coefficient (Wildman–Crippen LogP) is 1.83. The second kappa shape index (κ2) is 5.13. The van der Waals surface area contributed by atoms with Crippen LogP contribution in [0.1, 0.15) is 23.7 Å². The number of amides is 1. The average molecular weight is 281 g/mol. The SMILES string of the molecule is CC(=O)C1=CC=C2C(C1)NC(=O)C2C(=O)c1ccccc1. The van der Waals surface area contributed by atoms with Crippen LogP contribution in [0.15, 0.2) is 53.6 Å². The van der Waals surface area contributed by atoms with Crippen LogP contribution in [-0.4, -0.2) is 23.5 Å². The van der Waals surface area contributed by atoms with Crippen molar-refractivity contribution in [2.75, 3.05) is 0 Å². The molecule has 2 aliphatic rings. The smallest absolute Gasteiger partial charge is 0.235 e. The molecule has 106 valence electrons. The first-order valence-electron chi connectivity index (χ1n) is 6.89. The van der Waals surface area contributed by atoms with Crippen molar-refractivity contribution in [3.63, 3.8) is 0 Å². The number of hydrogen-bond donors (Lipinski definition) is 1. The molecule has 2 atom stereocenters. The van der Waals surface area contributed by atoms with E-state index in [1.54, 1.807) is 36.4 Å². The van der Waals surface area contributed by atoms with Crippen LogP contribution >= 0.6 is 0 Å². The molecule has 3 rings (SSSR count). The van der Waals surface area contributed by atoms with Gasteiger partial charge in [0.15, 0.2) is 11.6 Å². The van der Waals surface area contributed by atoms with Gasteiger partial charge in [-0.15, -0.1) is 0 Å². The molecule has 4 nitrogen and oxygen atoms in total. The van der Waals surface area contributed by atoms with Crippen molar-refractivity contribution in [1.29, 1.82) is 0 Å². The van der Waals surface area contributed by atoms with Gasteiger partial charge in [-0.05, 0) is 18.1 Å². The third-order valence-electron chi connectivity index (χ3n) is 3.99. The maximum absolute atomic E-state index is 12.5. The summed E-state index contributed by atoms with van der Waals surface area (Å²) in [5, 5.41) is 2.82. The lowest BCUT2D eigenvalue weighted by Crippen LogP contribution is -2.29. The van der Waals surface area contributed by atoms with E-state index in [-0.39, 0.29) is 23.5 Å². The third kappa shape index (κ3) is 2.33. The van der Waals surface area contributed by atoms with E-state index >= 15 is 0 Å². The molecule has 0 spiro atoms. The summed E-state index contributed by atoms with van der Waals surface area (Å²) in [5.41, 5.74) is 1.97. The summed E-state index contributed by atoms with van der Waals surface area (Å²) in [4.78, 5) is 36.1. The van der Waals surface area contributed by atoms with Crippen molar-refractivity contribution in [2.24, 2.45) is 5.92 Å². The molecule has 0 radical (unpaired) electrons. The molecule has 0 bridgehead atoms. The number of nitrogens with one attached hydrogen (secondary N) is 1. The molecule has 2 unspecified atom stereocenters. The molecule has 1 aliphatic heterocycles. The van der Waals surface area contributed by atoms with E-state index in [1.807, 2.05) is 6.07 Å². The Kier molecular flexibility index (Phi) is 3.29. The normalized spacial score (nSPS) is 23.8. The molecule has 1 amide bonds. The lowest BCUT2D eigenvalue weighted by molar-refractivity contribution is -0.121. The van der Waals surface area contributed by atoms with Gasteiger partial charge in [-0.1, -0.05) is 42.5 Å². The number of carbonyl (C=O) groups is 3. The Bertz CT molecular complexity index is 685. The standard InChI is InChI=1S/C17H15NO3/c1-10(19)12-7-8-13-14(9-12)18-17(21)15(13)16(20)11-5-3-2-4-6-11/h2-8,14-15H,9H2,1H3,(H,18,21). The Morgan fingerprint density at radius 3 is 2.52 bits per heavy atom. The zero-order valence-electron chi connectivity index (χ0n) is 11.6. The summed E-state index contributed by atoms with van der Waals surface area (Å²) in [5.74, 6) is -1.25. The van der Waals surface area contributed by atoms with Gasteiger partial charge < -0.3 is 5.32 Å². The van der Waals surface area contributed by atoms with Crippen molar-refractivity contribution in [1.82, 2.24) is 5.32 Å². The fraction of sp³-hybridized carbons (Fsp3) is 0.235. The number of carbonyl (C=O) groups excluding carboxylic acids is 3. The van der Waals surface area contributed by atoms with Crippen LogP contribution in [0.25, 0.3) is 0 Å². The van der Waals surface area contributed by atoms with E-state index in [9.17, 15) is 14.4 Å². The van der Waals surface area contributed by atoms with E-state index in [4.69, 9.17) is 0 Å². The highest BCUT2D eigenvalue weighted by atomic mass is 16.2. The molecule has 1 aliphatic carbocycles. The number of allylic oxidation sites excluding steroid dienone is 2. The first-order valence-corrected chi connectivity index (χ1v) is 6.89. The molecule has 0 aromatic heterocycles. The Hall–Kier alpha value is -2.49. The van der Waals surface area contributed by atoms with Crippen LogP contribution < -0.4 is 5.32 Å². The van der Waals surface area contributed by atoms with Crippen molar-refractivity contribution in [3.05, 3.63) is 59.2 Å². The van der Waals surface area contributed by atoms with E-state index in [0.717, 1.165) is 5.57 Å². The van der Waals surface area contributed by atoms with Crippen LogP contribution in [0.5, 0.6) is 0 Å². The second-order valence-electron chi connectivity index (χ2n) is 5.34. The highest BCUT2D eigenvalue weighted by Gasteiger charge is 2.43. The first-order chi connectivity index (χ1) is 10.1. The topological polar surface area (TPSA) is 63.2 Å². The maximum atomic E-state index is 12.5. The van der Waals surface area contributed by atoms with Crippen molar-refractivity contribution in [3.8, 4) is 0 Å². The van der Waals surface area contributed by atoms with Gasteiger partial charge in [-0.2, -0.15) is 0 Å². The number of hydrogen-bond acceptors (Lipinski definition) is 3. The molecular weight excluding hydrogens is 266 g/mol. The highest BCUT2D eigenvalue weighted by Crippen LogP contribution is 2.32. The molecule has 1 fully saturated rings. The van der Waals surface area contributed by atoms with Gasteiger partial charge in [0, 0.05) is 12.0 Å². The molecule has 0 saturated carbocycles. The van der Waals surface area contributed by atoms with Gasteiger partial charge in [-0.3, -0.25) is 14.4 Å². The summed E-state index contributed by atoms with van der Waals surface area (Å²) >= 11 is 0. The van der Waals surface area contributed by atoms with Crippen LogP contribution in [0.3, 0.4) is 0 Å². The summed E-state index contributed by atoms with van der Waals surface area (Å²) in [6.45, 7) is 1.51. The second-order valence-corrected chi connectivity index (χ2v) is 5.34. The molecule has 1 saturated heterocycles. The van der Waals surface area contributed by atoms with E-state index in [2.05, 4.69) is 5.32 Å². The zero-order valence-corrected chi connectivity index (χ0v) is 11.6. The quantitative estimate of drug-likeness (QED) is 0.679. The lowest BCUT2D eigenvalue weighted by atomic mass is 9.84.